The number of rotatable bonds is 4. The van der Waals surface area contributed by atoms with Crippen LogP contribution in [0.5, 0.6) is 0 Å². The third-order valence-corrected chi connectivity index (χ3v) is 3.10. The summed E-state index contributed by atoms with van der Waals surface area (Å²) in [5.74, 6) is 1.22. The van der Waals surface area contributed by atoms with Gasteiger partial charge in [-0.1, -0.05) is 29.8 Å². The normalized spacial score (nSPS) is 12.8. The molecule has 1 aromatic carbocycles. The fraction of sp³-hybridized carbons (Fsp3) is 0.400. The van der Waals surface area contributed by atoms with Crippen molar-refractivity contribution in [1.29, 1.82) is 0 Å². The van der Waals surface area contributed by atoms with Gasteiger partial charge in [0.15, 0.2) is 0 Å². The molecule has 0 aliphatic rings. The summed E-state index contributed by atoms with van der Waals surface area (Å²) in [7, 11) is -0.804. The summed E-state index contributed by atoms with van der Waals surface area (Å²) in [4.78, 5) is 0. The molecule has 2 N–H and O–H groups in total. The highest BCUT2D eigenvalue weighted by Crippen LogP contribution is 2.06. The Labute approximate surface area is 81.6 Å². The zero-order chi connectivity index (χ0) is 9.68. The zero-order valence-corrected chi connectivity index (χ0v) is 8.64. The molecule has 0 radical (unpaired) electrons. The van der Waals surface area contributed by atoms with Gasteiger partial charge in [0.05, 0.1) is 0 Å². The Morgan fingerprint density at radius 1 is 1.46 bits per heavy atom. The van der Waals surface area contributed by atoms with Crippen LogP contribution >= 0.6 is 0 Å². The van der Waals surface area contributed by atoms with E-state index >= 15 is 0 Å². The number of hydrogen-bond donors (Lipinski definition) is 1. The maximum absolute atomic E-state index is 11.4. The van der Waals surface area contributed by atoms with Crippen molar-refractivity contribution in [3.05, 3.63) is 35.4 Å². The Hall–Kier alpha value is -0.670. The van der Waals surface area contributed by atoms with Gasteiger partial charge in [0.1, 0.15) is 0 Å². The van der Waals surface area contributed by atoms with Gasteiger partial charge >= 0.3 is 0 Å². The molecule has 1 aromatic rings. The van der Waals surface area contributed by atoms with Crippen LogP contribution in [-0.2, 0) is 16.6 Å². The molecule has 1 unspecified atom stereocenters. The molecule has 72 valence electrons. The lowest BCUT2D eigenvalue weighted by molar-refractivity contribution is 0.682. The van der Waals surface area contributed by atoms with Gasteiger partial charge in [-0.2, -0.15) is 0 Å². The molecule has 3 heteroatoms. The number of hydrogen-bond acceptors (Lipinski definition) is 2. The van der Waals surface area contributed by atoms with E-state index in [-0.39, 0.29) is 0 Å². The minimum atomic E-state index is -0.804. The third kappa shape index (κ3) is 3.70. The predicted molar refractivity (Wildman–Crippen MR) is 56.9 cm³/mol. The highest BCUT2D eigenvalue weighted by Gasteiger charge is 1.99. The molecule has 0 bridgehead atoms. The van der Waals surface area contributed by atoms with E-state index < -0.39 is 10.8 Å². The van der Waals surface area contributed by atoms with Gasteiger partial charge in [0.2, 0.25) is 0 Å². The fourth-order valence-electron chi connectivity index (χ4n) is 1.19. The molecule has 0 aliphatic carbocycles. The molecule has 1 atom stereocenters. The van der Waals surface area contributed by atoms with Crippen LogP contribution in [0.25, 0.3) is 0 Å². The van der Waals surface area contributed by atoms with E-state index in [4.69, 9.17) is 5.73 Å². The summed E-state index contributed by atoms with van der Waals surface area (Å²) in [6.45, 7) is 2.54. The molecule has 0 spiro atoms. The maximum atomic E-state index is 11.4. The second-order valence-electron chi connectivity index (χ2n) is 3.07. The van der Waals surface area contributed by atoms with Gasteiger partial charge < -0.3 is 5.73 Å². The molecule has 0 fully saturated rings. The lowest BCUT2D eigenvalue weighted by Gasteiger charge is -2.01. The van der Waals surface area contributed by atoms with E-state index in [1.54, 1.807) is 0 Å². The molecular formula is C10H15NOS. The SMILES string of the molecule is Cc1cccc(CS(=O)CCN)c1. The Bertz CT molecular complexity index is 299. The van der Waals surface area contributed by atoms with E-state index in [9.17, 15) is 4.21 Å². The van der Waals surface area contributed by atoms with Crippen molar-refractivity contribution in [1.82, 2.24) is 0 Å². The summed E-state index contributed by atoms with van der Waals surface area (Å²) in [5, 5.41) is 0. The molecule has 13 heavy (non-hydrogen) atoms. The minimum Gasteiger partial charge on any atom is -0.330 e. The highest BCUT2D eigenvalue weighted by atomic mass is 32.2. The van der Waals surface area contributed by atoms with E-state index in [1.807, 2.05) is 25.1 Å². The van der Waals surface area contributed by atoms with Gasteiger partial charge in [-0.3, -0.25) is 4.21 Å². The minimum absolute atomic E-state index is 0.498. The first kappa shape index (κ1) is 10.4. The van der Waals surface area contributed by atoms with Crippen molar-refractivity contribution in [2.45, 2.75) is 12.7 Å². The van der Waals surface area contributed by atoms with Crippen molar-refractivity contribution in [2.24, 2.45) is 5.73 Å². The van der Waals surface area contributed by atoms with Gasteiger partial charge in [-0.25, -0.2) is 0 Å². The van der Waals surface area contributed by atoms with Crippen LogP contribution in [0, 0.1) is 6.92 Å². The first-order valence-electron chi connectivity index (χ1n) is 4.33. The standard InChI is InChI=1S/C10H15NOS/c1-9-3-2-4-10(7-9)8-13(12)6-5-11/h2-4,7H,5-6,8,11H2,1H3. The predicted octanol–water partition coefficient (Wildman–Crippen LogP) is 1.20. The van der Waals surface area contributed by atoms with Crippen molar-refractivity contribution in [3.63, 3.8) is 0 Å². The van der Waals surface area contributed by atoms with Gasteiger partial charge in [0.25, 0.3) is 0 Å². The van der Waals surface area contributed by atoms with Crippen LogP contribution in [0.1, 0.15) is 11.1 Å². The molecule has 0 aliphatic heterocycles. The van der Waals surface area contributed by atoms with Gasteiger partial charge in [-0.15, -0.1) is 0 Å². The number of aryl methyl sites for hydroxylation is 1. The molecular weight excluding hydrogens is 182 g/mol. The average molecular weight is 197 g/mol. The average Bonchev–Trinajstić information content (AvgIpc) is 2.04. The smallest absolute Gasteiger partial charge is 0.0486 e. The molecule has 0 heterocycles. The first-order valence-corrected chi connectivity index (χ1v) is 5.82. The number of benzene rings is 1. The molecule has 0 saturated carbocycles. The zero-order valence-electron chi connectivity index (χ0n) is 7.82. The fourth-order valence-corrected chi connectivity index (χ4v) is 2.15. The van der Waals surface area contributed by atoms with E-state index in [2.05, 4.69) is 6.07 Å². The van der Waals surface area contributed by atoms with Crippen molar-refractivity contribution in [2.75, 3.05) is 12.3 Å². The summed E-state index contributed by atoms with van der Waals surface area (Å²) in [6.07, 6.45) is 0. The Morgan fingerprint density at radius 2 is 2.23 bits per heavy atom. The van der Waals surface area contributed by atoms with Crippen LogP contribution < -0.4 is 5.73 Å². The molecule has 0 aromatic heterocycles. The second kappa shape index (κ2) is 5.14. The summed E-state index contributed by atoms with van der Waals surface area (Å²) >= 11 is 0. The molecule has 1 rings (SSSR count). The largest absolute Gasteiger partial charge is 0.330 e. The van der Waals surface area contributed by atoms with Gasteiger partial charge in [0, 0.05) is 28.9 Å². The van der Waals surface area contributed by atoms with Crippen molar-refractivity contribution >= 4 is 10.8 Å². The second-order valence-corrected chi connectivity index (χ2v) is 4.64. The topological polar surface area (TPSA) is 43.1 Å². The van der Waals surface area contributed by atoms with Crippen molar-refractivity contribution < 1.29 is 4.21 Å². The van der Waals surface area contributed by atoms with Crippen LogP contribution in [0.4, 0.5) is 0 Å². The van der Waals surface area contributed by atoms with Crippen molar-refractivity contribution in [3.8, 4) is 0 Å². The monoisotopic (exact) mass is 197 g/mol. The lowest BCUT2D eigenvalue weighted by Crippen LogP contribution is -2.11. The van der Waals surface area contributed by atoms with Crippen LogP contribution in [0.15, 0.2) is 24.3 Å². The van der Waals surface area contributed by atoms with E-state index in [1.165, 1.54) is 5.56 Å². The van der Waals surface area contributed by atoms with Crippen LogP contribution in [-0.4, -0.2) is 16.5 Å². The Morgan fingerprint density at radius 3 is 2.85 bits per heavy atom. The quantitative estimate of drug-likeness (QED) is 0.788. The molecule has 0 amide bonds. The number of nitrogens with two attached hydrogens (primary N) is 1. The first-order chi connectivity index (χ1) is 6.22. The highest BCUT2D eigenvalue weighted by molar-refractivity contribution is 7.84. The lowest BCUT2D eigenvalue weighted by atomic mass is 10.2. The van der Waals surface area contributed by atoms with Crippen LogP contribution in [0.3, 0.4) is 0 Å². The third-order valence-electron chi connectivity index (χ3n) is 1.76. The molecule has 0 saturated heterocycles. The summed E-state index contributed by atoms with van der Waals surface area (Å²) in [5.41, 5.74) is 7.66. The summed E-state index contributed by atoms with van der Waals surface area (Å²) < 4.78 is 11.4. The van der Waals surface area contributed by atoms with Crippen LogP contribution in [0.2, 0.25) is 0 Å². The Balaban J connectivity index is 2.58. The van der Waals surface area contributed by atoms with E-state index in [0.717, 1.165) is 5.56 Å². The Kier molecular flexibility index (Phi) is 4.12. The van der Waals surface area contributed by atoms with Gasteiger partial charge in [-0.05, 0) is 12.5 Å². The summed E-state index contributed by atoms with van der Waals surface area (Å²) in [6, 6.07) is 8.09. The maximum Gasteiger partial charge on any atom is 0.0486 e. The molecule has 2 nitrogen and oxygen atoms in total. The van der Waals surface area contributed by atoms with E-state index in [0.29, 0.717) is 18.1 Å².